The van der Waals surface area contributed by atoms with Gasteiger partial charge in [-0.3, -0.25) is 4.79 Å². The molecule has 0 amide bonds. The maximum Gasteiger partial charge on any atom is 0.490 e. The zero-order valence-electron chi connectivity index (χ0n) is 13.2. The summed E-state index contributed by atoms with van der Waals surface area (Å²) in [5.41, 5.74) is 0.935. The molecule has 142 valence electrons. The smallest absolute Gasteiger partial charge is 0.475 e. The van der Waals surface area contributed by atoms with Crippen molar-refractivity contribution in [1.82, 2.24) is 10.3 Å². The minimum atomic E-state index is -5.08. The molecule has 1 aliphatic rings. The number of hydrogen-bond donors (Lipinski definition) is 3. The second kappa shape index (κ2) is 7.38. The fourth-order valence-electron chi connectivity index (χ4n) is 2.49. The van der Waals surface area contributed by atoms with Crippen LogP contribution in [0.25, 0.3) is 10.8 Å². The average molecular weight is 380 g/mol. The van der Waals surface area contributed by atoms with E-state index >= 15 is 0 Å². The number of benzene rings is 1. The van der Waals surface area contributed by atoms with E-state index in [4.69, 9.17) is 14.6 Å². The van der Waals surface area contributed by atoms with Crippen LogP contribution in [-0.2, 0) is 16.1 Å². The highest BCUT2D eigenvalue weighted by atomic mass is 19.4. The van der Waals surface area contributed by atoms with Crippen LogP contribution in [0, 0.1) is 11.6 Å². The predicted octanol–water partition coefficient (Wildman–Crippen LogP) is 2.23. The lowest BCUT2D eigenvalue weighted by atomic mass is 9.96. The van der Waals surface area contributed by atoms with E-state index in [2.05, 4.69) is 10.3 Å². The van der Waals surface area contributed by atoms with Crippen LogP contribution in [0.15, 0.2) is 16.9 Å². The minimum Gasteiger partial charge on any atom is -0.475 e. The maximum atomic E-state index is 13.4. The Morgan fingerprint density at radius 1 is 1.27 bits per heavy atom. The zero-order valence-corrected chi connectivity index (χ0v) is 13.2. The molecule has 2 heterocycles. The molecule has 0 saturated carbocycles. The molecule has 1 atom stereocenters. The highest BCUT2D eigenvalue weighted by molar-refractivity contribution is 5.86. The monoisotopic (exact) mass is 380 g/mol. The maximum absolute atomic E-state index is 13.4. The van der Waals surface area contributed by atoms with Crippen LogP contribution in [0.3, 0.4) is 0 Å². The number of alkyl halides is 3. The molecule has 0 radical (unpaired) electrons. The average Bonchev–Trinajstić information content (AvgIpc) is 2.55. The molecule has 2 aromatic rings. The molecule has 1 aromatic heterocycles. The number of carboxylic acid groups (broad SMARTS) is 1. The highest BCUT2D eigenvalue weighted by Gasteiger charge is 2.38. The third-order valence-corrected chi connectivity index (χ3v) is 3.66. The van der Waals surface area contributed by atoms with E-state index in [9.17, 15) is 26.7 Å². The molecule has 0 bridgehead atoms. The first kappa shape index (κ1) is 19.8. The first-order valence-electron chi connectivity index (χ1n) is 7.15. The number of halogens is 5. The number of carboxylic acids is 1. The summed E-state index contributed by atoms with van der Waals surface area (Å²) in [5, 5.41) is 10.8. The molecule has 0 fully saturated rings. The van der Waals surface area contributed by atoms with Gasteiger partial charge >= 0.3 is 12.1 Å². The second-order valence-electron chi connectivity index (χ2n) is 5.32. The number of likely N-dealkylation sites (N-methyl/N-ethyl adjacent to an activating group) is 1. The third-order valence-electron chi connectivity index (χ3n) is 3.66. The summed E-state index contributed by atoms with van der Waals surface area (Å²) in [5.74, 6) is -4.74. The lowest BCUT2D eigenvalue weighted by molar-refractivity contribution is -0.192. The summed E-state index contributed by atoms with van der Waals surface area (Å²) in [6.07, 6.45) is -5.08. The number of nitrogens with one attached hydrogen (secondary N) is 2. The molecule has 1 aliphatic heterocycles. The van der Waals surface area contributed by atoms with Gasteiger partial charge in [-0.1, -0.05) is 0 Å². The largest absolute Gasteiger partial charge is 0.490 e. The van der Waals surface area contributed by atoms with Crippen molar-refractivity contribution in [1.29, 1.82) is 0 Å². The standard InChI is InChI=1S/C13H12F2N2O2.C2HF3O2/c1-16-10-4-19-5-11-12(10)6-2-8(14)9(15)3-7(6)13(18)17-11;3-2(4,5)1(6)7/h2-3,10,16H,4-5H2,1H3,(H,17,18);(H,6,7)/t10-;/m1./s1. The van der Waals surface area contributed by atoms with Gasteiger partial charge in [-0.2, -0.15) is 13.2 Å². The quantitative estimate of drug-likeness (QED) is 0.660. The van der Waals surface area contributed by atoms with Crippen molar-refractivity contribution in [3.8, 4) is 0 Å². The summed E-state index contributed by atoms with van der Waals surface area (Å²) in [6.45, 7) is 0.682. The normalized spacial score (nSPS) is 16.6. The van der Waals surface area contributed by atoms with Crippen LogP contribution in [0.4, 0.5) is 22.0 Å². The Morgan fingerprint density at radius 2 is 1.81 bits per heavy atom. The summed E-state index contributed by atoms with van der Waals surface area (Å²) >= 11 is 0. The Labute approximate surface area is 142 Å². The van der Waals surface area contributed by atoms with E-state index in [0.717, 1.165) is 17.7 Å². The number of aliphatic carboxylic acids is 1. The summed E-state index contributed by atoms with van der Waals surface area (Å²) in [6, 6.07) is 1.85. The van der Waals surface area contributed by atoms with Crippen molar-refractivity contribution in [2.75, 3.05) is 13.7 Å². The third kappa shape index (κ3) is 3.99. The van der Waals surface area contributed by atoms with Crippen molar-refractivity contribution < 1.29 is 36.6 Å². The lowest BCUT2D eigenvalue weighted by Crippen LogP contribution is -2.30. The van der Waals surface area contributed by atoms with E-state index < -0.39 is 29.3 Å². The Bertz CT molecular complexity index is 894. The van der Waals surface area contributed by atoms with Gasteiger partial charge in [0.15, 0.2) is 11.6 Å². The first-order valence-corrected chi connectivity index (χ1v) is 7.15. The van der Waals surface area contributed by atoms with Gasteiger partial charge in [-0.15, -0.1) is 0 Å². The van der Waals surface area contributed by atoms with Gasteiger partial charge in [0, 0.05) is 11.3 Å². The molecule has 3 N–H and O–H groups in total. The minimum absolute atomic E-state index is 0.153. The van der Waals surface area contributed by atoms with Gasteiger partial charge < -0.3 is 20.1 Å². The molecular formula is C15H13F5N2O4. The summed E-state index contributed by atoms with van der Waals surface area (Å²) in [4.78, 5) is 23.5. The van der Waals surface area contributed by atoms with Gasteiger partial charge in [-0.05, 0) is 24.6 Å². The number of aromatic nitrogens is 1. The molecule has 3 rings (SSSR count). The Hall–Kier alpha value is -2.53. The van der Waals surface area contributed by atoms with E-state index in [1.165, 1.54) is 0 Å². The number of aromatic amines is 1. The second-order valence-corrected chi connectivity index (χ2v) is 5.32. The number of pyridine rings is 1. The molecule has 6 nitrogen and oxygen atoms in total. The van der Waals surface area contributed by atoms with Crippen molar-refractivity contribution in [3.63, 3.8) is 0 Å². The number of ether oxygens (including phenoxy) is 1. The fraction of sp³-hybridized carbons (Fsp3) is 0.333. The zero-order chi connectivity index (χ0) is 19.6. The molecule has 0 aliphatic carbocycles. The Kier molecular flexibility index (Phi) is 5.62. The Morgan fingerprint density at radius 3 is 2.31 bits per heavy atom. The number of rotatable bonds is 1. The SMILES string of the molecule is CN[C@@H]1COCc2[nH]c(=O)c3cc(F)c(F)cc3c21.O=C(O)C(F)(F)F. The van der Waals surface area contributed by atoms with Crippen LogP contribution in [-0.4, -0.2) is 35.9 Å². The summed E-state index contributed by atoms with van der Waals surface area (Å²) in [7, 11) is 1.75. The van der Waals surface area contributed by atoms with Crippen LogP contribution >= 0.6 is 0 Å². The molecule has 11 heteroatoms. The lowest BCUT2D eigenvalue weighted by Gasteiger charge is -2.26. The topological polar surface area (TPSA) is 91.4 Å². The van der Waals surface area contributed by atoms with Crippen molar-refractivity contribution in [2.45, 2.75) is 18.8 Å². The van der Waals surface area contributed by atoms with E-state index in [1.54, 1.807) is 7.05 Å². The molecular weight excluding hydrogens is 367 g/mol. The van der Waals surface area contributed by atoms with Gasteiger partial charge in [0.1, 0.15) is 0 Å². The molecule has 0 unspecified atom stereocenters. The number of hydrogen-bond acceptors (Lipinski definition) is 4. The summed E-state index contributed by atoms with van der Waals surface area (Å²) < 4.78 is 63.8. The Balaban J connectivity index is 0.000000298. The number of carbonyl (C=O) groups is 1. The molecule has 0 spiro atoms. The van der Waals surface area contributed by atoms with E-state index in [1.807, 2.05) is 0 Å². The predicted molar refractivity (Wildman–Crippen MR) is 79.6 cm³/mol. The van der Waals surface area contributed by atoms with Gasteiger partial charge in [0.2, 0.25) is 0 Å². The molecule has 26 heavy (non-hydrogen) atoms. The number of H-pyrrole nitrogens is 1. The van der Waals surface area contributed by atoms with E-state index in [-0.39, 0.29) is 18.0 Å². The van der Waals surface area contributed by atoms with Crippen LogP contribution < -0.4 is 10.9 Å². The fourth-order valence-corrected chi connectivity index (χ4v) is 2.49. The van der Waals surface area contributed by atoms with Crippen LogP contribution in [0.2, 0.25) is 0 Å². The molecule has 1 aromatic carbocycles. The highest BCUT2D eigenvalue weighted by Crippen LogP contribution is 2.30. The number of fused-ring (bicyclic) bond motifs is 3. The van der Waals surface area contributed by atoms with Crippen LogP contribution in [0.1, 0.15) is 17.3 Å². The van der Waals surface area contributed by atoms with Crippen molar-refractivity contribution in [3.05, 3.63) is 45.4 Å². The van der Waals surface area contributed by atoms with E-state index in [0.29, 0.717) is 17.7 Å². The van der Waals surface area contributed by atoms with Gasteiger partial charge in [-0.25, -0.2) is 13.6 Å². The van der Waals surface area contributed by atoms with Crippen molar-refractivity contribution in [2.24, 2.45) is 0 Å². The first-order chi connectivity index (χ1) is 12.1. The van der Waals surface area contributed by atoms with Crippen molar-refractivity contribution >= 4 is 16.7 Å². The molecule has 0 saturated heterocycles. The van der Waals surface area contributed by atoms with Gasteiger partial charge in [0.25, 0.3) is 5.56 Å². The van der Waals surface area contributed by atoms with Crippen LogP contribution in [0.5, 0.6) is 0 Å². The van der Waals surface area contributed by atoms with Gasteiger partial charge in [0.05, 0.1) is 24.6 Å².